The topological polar surface area (TPSA) is 80.5 Å². The van der Waals surface area contributed by atoms with Gasteiger partial charge in [-0.2, -0.15) is 0 Å². The van der Waals surface area contributed by atoms with Gasteiger partial charge in [-0.1, -0.05) is 24.3 Å². The van der Waals surface area contributed by atoms with Gasteiger partial charge in [-0.15, -0.1) is 11.3 Å². The van der Waals surface area contributed by atoms with E-state index in [4.69, 9.17) is 5.73 Å². The van der Waals surface area contributed by atoms with Crippen LogP contribution in [0.15, 0.2) is 52.1 Å². The van der Waals surface area contributed by atoms with Gasteiger partial charge < -0.3 is 5.73 Å². The van der Waals surface area contributed by atoms with Crippen molar-refractivity contribution in [2.45, 2.75) is 10.6 Å². The van der Waals surface area contributed by atoms with Crippen molar-refractivity contribution in [3.05, 3.63) is 47.8 Å². The fraction of sp³-hybridized carbons (Fsp3) is 0.154. The van der Waals surface area contributed by atoms with E-state index in [0.29, 0.717) is 5.69 Å². The molecule has 0 aliphatic heterocycles. The number of carbonyl (C=O) groups is 1. The summed E-state index contributed by atoms with van der Waals surface area (Å²) in [4.78, 5) is 11.0. The van der Waals surface area contributed by atoms with Crippen molar-refractivity contribution >= 4 is 33.0 Å². The number of thiophene rings is 1. The number of nitrogens with two attached hydrogens (primary N) is 1. The molecule has 5 nitrogen and oxygen atoms in total. The predicted molar refractivity (Wildman–Crippen MR) is 79.1 cm³/mol. The third-order valence-electron chi connectivity index (χ3n) is 2.64. The van der Waals surface area contributed by atoms with Crippen molar-refractivity contribution < 1.29 is 13.2 Å². The van der Waals surface area contributed by atoms with Crippen LogP contribution >= 0.6 is 11.3 Å². The molecule has 0 aliphatic carbocycles. The predicted octanol–water partition coefficient (Wildman–Crippen LogP) is 1.82. The summed E-state index contributed by atoms with van der Waals surface area (Å²) in [6.45, 7) is 0.0274. The summed E-state index contributed by atoms with van der Waals surface area (Å²) in [6, 6.07) is 11.9. The van der Waals surface area contributed by atoms with E-state index in [-0.39, 0.29) is 17.2 Å². The molecule has 0 fully saturated rings. The molecule has 0 aliphatic rings. The van der Waals surface area contributed by atoms with Gasteiger partial charge in [-0.3, -0.25) is 9.10 Å². The van der Waals surface area contributed by atoms with E-state index in [1.54, 1.807) is 47.8 Å². The number of carbonyl (C=O) groups excluding carboxylic acids is 1. The zero-order valence-electron chi connectivity index (χ0n) is 10.6. The molecule has 1 aromatic heterocycles. The molecule has 0 unspecified atom stereocenters. The van der Waals surface area contributed by atoms with E-state index in [9.17, 15) is 13.2 Å². The summed E-state index contributed by atoms with van der Waals surface area (Å²) in [7, 11) is -3.66. The molecule has 0 bridgehead atoms. The molecule has 0 radical (unpaired) electrons. The number of nitrogens with zero attached hydrogens (tertiary/aromatic N) is 1. The van der Waals surface area contributed by atoms with Crippen LogP contribution in [0.25, 0.3) is 0 Å². The molecule has 2 N–H and O–H groups in total. The average Bonchev–Trinajstić information content (AvgIpc) is 2.94. The lowest BCUT2D eigenvalue weighted by Crippen LogP contribution is -2.33. The monoisotopic (exact) mass is 310 g/mol. The van der Waals surface area contributed by atoms with Gasteiger partial charge in [0.25, 0.3) is 10.0 Å². The SMILES string of the molecule is NC(=O)CCN(c1ccccc1)S(=O)(=O)c1cccs1. The maximum atomic E-state index is 12.6. The molecule has 1 heterocycles. The van der Waals surface area contributed by atoms with Gasteiger partial charge in [0.1, 0.15) is 4.21 Å². The second-order valence-electron chi connectivity index (χ2n) is 4.06. The van der Waals surface area contributed by atoms with Crippen LogP contribution in [0.1, 0.15) is 6.42 Å². The maximum Gasteiger partial charge on any atom is 0.273 e. The van der Waals surface area contributed by atoms with Gasteiger partial charge >= 0.3 is 0 Å². The van der Waals surface area contributed by atoms with Crippen molar-refractivity contribution in [2.75, 3.05) is 10.8 Å². The molecule has 106 valence electrons. The number of hydrogen-bond acceptors (Lipinski definition) is 4. The first-order chi connectivity index (χ1) is 9.51. The number of para-hydroxylation sites is 1. The Morgan fingerprint density at radius 3 is 2.40 bits per heavy atom. The van der Waals surface area contributed by atoms with Gasteiger partial charge in [0.05, 0.1) is 5.69 Å². The number of primary amides is 1. The highest BCUT2D eigenvalue weighted by molar-refractivity contribution is 7.94. The highest BCUT2D eigenvalue weighted by atomic mass is 32.2. The van der Waals surface area contributed by atoms with Gasteiger partial charge in [0.15, 0.2) is 0 Å². The van der Waals surface area contributed by atoms with Crippen LogP contribution in [-0.4, -0.2) is 20.9 Å². The number of benzene rings is 1. The Morgan fingerprint density at radius 1 is 1.15 bits per heavy atom. The summed E-state index contributed by atoms with van der Waals surface area (Å²) in [5, 5.41) is 1.70. The van der Waals surface area contributed by atoms with E-state index in [1.165, 1.54) is 4.31 Å². The van der Waals surface area contributed by atoms with Gasteiger partial charge in [-0.25, -0.2) is 8.42 Å². The Balaban J connectivity index is 2.39. The quantitative estimate of drug-likeness (QED) is 0.883. The first-order valence-corrected chi connectivity index (χ1v) is 8.23. The van der Waals surface area contributed by atoms with Crippen LogP contribution in [0.5, 0.6) is 0 Å². The number of sulfonamides is 1. The molecule has 2 rings (SSSR count). The fourth-order valence-electron chi connectivity index (χ4n) is 1.71. The lowest BCUT2D eigenvalue weighted by atomic mass is 10.3. The first-order valence-electron chi connectivity index (χ1n) is 5.91. The fourth-order valence-corrected chi connectivity index (χ4v) is 4.28. The molecule has 0 saturated carbocycles. The third kappa shape index (κ3) is 3.17. The summed E-state index contributed by atoms with van der Waals surface area (Å²) >= 11 is 1.14. The lowest BCUT2D eigenvalue weighted by Gasteiger charge is -2.23. The Bertz CT molecular complexity index is 667. The molecule has 2 aromatic rings. The molecular weight excluding hydrogens is 296 g/mol. The minimum atomic E-state index is -3.66. The van der Waals surface area contributed by atoms with Crippen molar-refractivity contribution in [1.29, 1.82) is 0 Å². The molecule has 0 saturated heterocycles. The minimum absolute atomic E-state index is 0.0274. The summed E-state index contributed by atoms with van der Waals surface area (Å²) in [5.74, 6) is -0.535. The summed E-state index contributed by atoms with van der Waals surface area (Å²) < 4.78 is 26.6. The van der Waals surface area contributed by atoms with Gasteiger partial charge in [-0.05, 0) is 23.6 Å². The second kappa shape index (κ2) is 6.06. The molecule has 20 heavy (non-hydrogen) atoms. The zero-order valence-corrected chi connectivity index (χ0v) is 12.2. The standard InChI is InChI=1S/C13H14N2O3S2/c14-12(16)8-9-15(11-5-2-1-3-6-11)20(17,18)13-7-4-10-19-13/h1-7,10H,8-9H2,(H2,14,16). The van der Waals surface area contributed by atoms with Crippen molar-refractivity contribution in [2.24, 2.45) is 5.73 Å². The minimum Gasteiger partial charge on any atom is -0.370 e. The van der Waals surface area contributed by atoms with Crippen LogP contribution < -0.4 is 10.0 Å². The number of rotatable bonds is 6. The second-order valence-corrected chi connectivity index (χ2v) is 7.10. The van der Waals surface area contributed by atoms with Gasteiger partial charge in [0, 0.05) is 13.0 Å². The largest absolute Gasteiger partial charge is 0.370 e. The molecule has 7 heteroatoms. The summed E-state index contributed by atoms with van der Waals surface area (Å²) in [5.41, 5.74) is 5.64. The Hall–Kier alpha value is -1.86. The maximum absolute atomic E-state index is 12.6. The normalized spacial score (nSPS) is 11.2. The average molecular weight is 310 g/mol. The van der Waals surface area contributed by atoms with Crippen molar-refractivity contribution in [3.8, 4) is 0 Å². The van der Waals surface area contributed by atoms with E-state index >= 15 is 0 Å². The van der Waals surface area contributed by atoms with Crippen LogP contribution in [0.4, 0.5) is 5.69 Å². The van der Waals surface area contributed by atoms with Crippen molar-refractivity contribution in [1.82, 2.24) is 0 Å². The smallest absolute Gasteiger partial charge is 0.273 e. The zero-order chi connectivity index (χ0) is 14.6. The Labute approximate surface area is 121 Å². The van der Waals surface area contributed by atoms with Crippen LogP contribution in [0.2, 0.25) is 0 Å². The highest BCUT2D eigenvalue weighted by Crippen LogP contribution is 2.26. The lowest BCUT2D eigenvalue weighted by molar-refractivity contribution is -0.117. The van der Waals surface area contributed by atoms with E-state index in [0.717, 1.165) is 11.3 Å². The molecular formula is C13H14N2O3S2. The molecule has 1 aromatic carbocycles. The third-order valence-corrected chi connectivity index (χ3v) is 5.85. The molecule has 0 atom stereocenters. The van der Waals surface area contributed by atoms with Crippen LogP contribution in [-0.2, 0) is 14.8 Å². The highest BCUT2D eigenvalue weighted by Gasteiger charge is 2.25. The molecule has 1 amide bonds. The van der Waals surface area contributed by atoms with Crippen molar-refractivity contribution in [3.63, 3.8) is 0 Å². The number of hydrogen-bond donors (Lipinski definition) is 1. The number of anilines is 1. The Kier molecular flexibility index (Phi) is 4.41. The van der Waals surface area contributed by atoms with Crippen LogP contribution in [0, 0.1) is 0 Å². The van der Waals surface area contributed by atoms with Crippen LogP contribution in [0.3, 0.4) is 0 Å². The first kappa shape index (κ1) is 14.5. The Morgan fingerprint density at radius 2 is 1.85 bits per heavy atom. The summed E-state index contributed by atoms with van der Waals surface area (Å²) in [6.07, 6.45) is -0.0283. The van der Waals surface area contributed by atoms with Gasteiger partial charge in [0.2, 0.25) is 5.91 Å². The van der Waals surface area contributed by atoms with E-state index in [2.05, 4.69) is 0 Å². The molecule has 0 spiro atoms. The van der Waals surface area contributed by atoms with E-state index in [1.807, 2.05) is 0 Å². The number of amides is 1. The van der Waals surface area contributed by atoms with E-state index < -0.39 is 15.9 Å².